The molecular formula is C23H41N9O5. The number of aromatic nitrogens is 2. The molecule has 0 aliphatic rings. The van der Waals surface area contributed by atoms with Gasteiger partial charge in [0.25, 0.3) is 0 Å². The normalized spacial score (nSPS) is 15.1. The summed E-state index contributed by atoms with van der Waals surface area (Å²) in [5.41, 5.74) is 17.2. The van der Waals surface area contributed by atoms with Crippen LogP contribution in [-0.4, -0.2) is 75.4 Å². The Labute approximate surface area is 216 Å². The summed E-state index contributed by atoms with van der Waals surface area (Å²) in [5, 5.41) is 17.4. The fourth-order valence-corrected chi connectivity index (χ4v) is 3.49. The van der Waals surface area contributed by atoms with E-state index in [1.54, 1.807) is 27.0 Å². The van der Waals surface area contributed by atoms with Gasteiger partial charge in [0.05, 0.1) is 12.4 Å². The maximum Gasteiger partial charge on any atom is 0.326 e. The van der Waals surface area contributed by atoms with Crippen molar-refractivity contribution >= 4 is 29.7 Å². The van der Waals surface area contributed by atoms with Crippen molar-refractivity contribution in [1.29, 1.82) is 0 Å². The first-order valence-electron chi connectivity index (χ1n) is 12.3. The minimum atomic E-state index is -1.22. The predicted molar refractivity (Wildman–Crippen MR) is 138 cm³/mol. The number of aromatic amines is 1. The summed E-state index contributed by atoms with van der Waals surface area (Å²) in [7, 11) is 0. The molecule has 11 N–H and O–H groups in total. The number of carboxylic acid groups (broad SMARTS) is 1. The van der Waals surface area contributed by atoms with E-state index in [2.05, 4.69) is 30.9 Å². The Morgan fingerprint density at radius 2 is 1.68 bits per heavy atom. The van der Waals surface area contributed by atoms with Crippen LogP contribution in [0.25, 0.3) is 0 Å². The molecule has 37 heavy (non-hydrogen) atoms. The number of carboxylic acids is 1. The first-order chi connectivity index (χ1) is 17.4. The monoisotopic (exact) mass is 523 g/mol. The van der Waals surface area contributed by atoms with Crippen molar-refractivity contribution in [2.24, 2.45) is 34.0 Å². The molecule has 1 rings (SSSR count). The van der Waals surface area contributed by atoms with Crippen molar-refractivity contribution in [2.75, 3.05) is 6.54 Å². The summed E-state index contributed by atoms with van der Waals surface area (Å²) in [4.78, 5) is 61.2. The van der Waals surface area contributed by atoms with E-state index in [-0.39, 0.29) is 37.2 Å². The van der Waals surface area contributed by atoms with E-state index in [1.165, 1.54) is 6.33 Å². The number of imidazole rings is 1. The first kappa shape index (κ1) is 31.4. The predicted octanol–water partition coefficient (Wildman–Crippen LogP) is -1.43. The van der Waals surface area contributed by atoms with Crippen molar-refractivity contribution in [3.05, 3.63) is 18.2 Å². The molecule has 0 spiro atoms. The third-order valence-electron chi connectivity index (χ3n) is 5.93. The zero-order valence-electron chi connectivity index (χ0n) is 21.9. The van der Waals surface area contributed by atoms with Crippen LogP contribution in [0.2, 0.25) is 0 Å². The lowest BCUT2D eigenvalue weighted by Crippen LogP contribution is -2.59. The van der Waals surface area contributed by atoms with E-state index in [4.69, 9.17) is 17.2 Å². The van der Waals surface area contributed by atoms with Crippen LogP contribution in [0.15, 0.2) is 17.5 Å². The molecule has 1 heterocycles. The summed E-state index contributed by atoms with van der Waals surface area (Å²) in [6.07, 6.45) is 4.20. The summed E-state index contributed by atoms with van der Waals surface area (Å²) in [6, 6.07) is -4.09. The number of hydrogen-bond acceptors (Lipinski definition) is 7. The van der Waals surface area contributed by atoms with E-state index in [0.717, 1.165) is 0 Å². The lowest BCUT2D eigenvalue weighted by atomic mass is 9.95. The van der Waals surface area contributed by atoms with Gasteiger partial charge < -0.3 is 43.2 Å². The third-order valence-corrected chi connectivity index (χ3v) is 5.93. The average molecular weight is 524 g/mol. The van der Waals surface area contributed by atoms with Crippen LogP contribution in [0.5, 0.6) is 0 Å². The Hall–Kier alpha value is -3.68. The van der Waals surface area contributed by atoms with Crippen LogP contribution in [0, 0.1) is 11.8 Å². The van der Waals surface area contributed by atoms with Crippen LogP contribution in [0.1, 0.15) is 52.7 Å². The lowest BCUT2D eigenvalue weighted by Gasteiger charge is -2.29. The zero-order chi connectivity index (χ0) is 28.1. The SMILES string of the molecule is CCC(C)C(NC(=O)C(NC(=O)C(N)Cc1cnc[nH]1)C(C)C)C(=O)NC(CCCN=C(N)N)C(=O)O. The van der Waals surface area contributed by atoms with Gasteiger partial charge in [0, 0.05) is 24.9 Å². The van der Waals surface area contributed by atoms with Crippen molar-refractivity contribution in [3.8, 4) is 0 Å². The van der Waals surface area contributed by atoms with Crippen LogP contribution >= 0.6 is 0 Å². The molecule has 3 amide bonds. The highest BCUT2D eigenvalue weighted by Crippen LogP contribution is 2.12. The quantitative estimate of drug-likeness (QED) is 0.0718. The van der Waals surface area contributed by atoms with Gasteiger partial charge in [-0.1, -0.05) is 34.1 Å². The molecule has 0 saturated heterocycles. The van der Waals surface area contributed by atoms with Crippen LogP contribution in [0.3, 0.4) is 0 Å². The molecule has 208 valence electrons. The number of nitrogens with two attached hydrogens (primary N) is 3. The Morgan fingerprint density at radius 1 is 1.05 bits per heavy atom. The summed E-state index contributed by atoms with van der Waals surface area (Å²) >= 11 is 0. The molecule has 0 bridgehead atoms. The minimum Gasteiger partial charge on any atom is -0.480 e. The van der Waals surface area contributed by atoms with E-state index >= 15 is 0 Å². The van der Waals surface area contributed by atoms with Crippen molar-refractivity contribution in [3.63, 3.8) is 0 Å². The third kappa shape index (κ3) is 10.9. The van der Waals surface area contributed by atoms with Gasteiger partial charge in [0.1, 0.15) is 18.1 Å². The van der Waals surface area contributed by atoms with Crippen molar-refractivity contribution in [2.45, 2.75) is 77.5 Å². The molecule has 5 atom stereocenters. The second-order valence-electron chi connectivity index (χ2n) is 9.34. The fraction of sp³-hybridized carbons (Fsp3) is 0.652. The standard InChI is InChI=1S/C23H41N9O5/c1-5-13(4)18(21(35)30-16(22(36)37)7-6-8-28-23(25)26)32-20(34)17(12(2)3)31-19(33)15(24)9-14-10-27-11-29-14/h10-13,15-18H,5-9,24H2,1-4H3,(H,27,29)(H,30,35)(H,31,33)(H,32,34)(H,36,37)(H4,25,26,28). The number of nitrogens with one attached hydrogen (secondary N) is 4. The minimum absolute atomic E-state index is 0.0952. The summed E-state index contributed by atoms with van der Waals surface area (Å²) < 4.78 is 0. The van der Waals surface area contributed by atoms with E-state index in [1.807, 2.05) is 6.92 Å². The highest BCUT2D eigenvalue weighted by Gasteiger charge is 2.33. The number of aliphatic imine (C=N–C) groups is 1. The van der Waals surface area contributed by atoms with Crippen LogP contribution < -0.4 is 33.2 Å². The molecule has 0 aliphatic heterocycles. The summed E-state index contributed by atoms with van der Waals surface area (Å²) in [5.74, 6) is -3.69. The number of rotatable bonds is 16. The molecule has 0 fully saturated rings. The fourth-order valence-electron chi connectivity index (χ4n) is 3.49. The average Bonchev–Trinajstić information content (AvgIpc) is 3.34. The van der Waals surface area contributed by atoms with E-state index in [9.17, 15) is 24.3 Å². The molecule has 0 radical (unpaired) electrons. The van der Waals surface area contributed by atoms with Crippen LogP contribution in [-0.2, 0) is 25.6 Å². The number of carbonyl (C=O) groups is 4. The second-order valence-corrected chi connectivity index (χ2v) is 9.34. The zero-order valence-corrected chi connectivity index (χ0v) is 21.9. The van der Waals surface area contributed by atoms with Gasteiger partial charge in [0.15, 0.2) is 5.96 Å². The number of guanidine groups is 1. The second kappa shape index (κ2) is 15.4. The topological polar surface area (TPSA) is 244 Å². The molecule has 14 heteroatoms. The molecule has 5 unspecified atom stereocenters. The van der Waals surface area contributed by atoms with Crippen molar-refractivity contribution in [1.82, 2.24) is 25.9 Å². The van der Waals surface area contributed by atoms with Gasteiger partial charge in [-0.3, -0.25) is 19.4 Å². The maximum atomic E-state index is 13.2. The number of hydrogen-bond donors (Lipinski definition) is 8. The van der Waals surface area contributed by atoms with E-state index < -0.39 is 47.9 Å². The number of H-pyrrole nitrogens is 1. The molecule has 14 nitrogen and oxygen atoms in total. The molecular weight excluding hydrogens is 482 g/mol. The van der Waals surface area contributed by atoms with E-state index in [0.29, 0.717) is 18.5 Å². The Balaban J connectivity index is 2.89. The largest absolute Gasteiger partial charge is 0.480 e. The maximum absolute atomic E-state index is 13.2. The lowest BCUT2D eigenvalue weighted by molar-refractivity contribution is -0.143. The summed E-state index contributed by atoms with van der Waals surface area (Å²) in [6.45, 7) is 7.33. The number of carbonyl (C=O) groups excluding carboxylic acids is 3. The smallest absolute Gasteiger partial charge is 0.326 e. The van der Waals surface area contributed by atoms with Gasteiger partial charge in [-0.2, -0.15) is 0 Å². The highest BCUT2D eigenvalue weighted by molar-refractivity contribution is 5.94. The first-order valence-corrected chi connectivity index (χ1v) is 12.3. The number of aliphatic carboxylic acids is 1. The molecule has 0 saturated carbocycles. The number of nitrogens with zero attached hydrogens (tertiary/aromatic N) is 2. The van der Waals surface area contributed by atoms with Gasteiger partial charge >= 0.3 is 5.97 Å². The van der Waals surface area contributed by atoms with Crippen molar-refractivity contribution < 1.29 is 24.3 Å². The van der Waals surface area contributed by atoms with Gasteiger partial charge in [-0.05, 0) is 24.7 Å². The molecule has 0 aromatic carbocycles. The van der Waals surface area contributed by atoms with Gasteiger partial charge in [-0.25, -0.2) is 9.78 Å². The van der Waals surface area contributed by atoms with Gasteiger partial charge in [0.2, 0.25) is 17.7 Å². The number of amides is 3. The molecule has 0 aliphatic carbocycles. The molecule has 1 aromatic rings. The highest BCUT2D eigenvalue weighted by atomic mass is 16.4. The molecule has 1 aromatic heterocycles. The Kier molecular flexibility index (Phi) is 13.1. The Morgan fingerprint density at radius 3 is 2.19 bits per heavy atom. The van der Waals surface area contributed by atoms with Crippen LogP contribution in [0.4, 0.5) is 0 Å². The van der Waals surface area contributed by atoms with Gasteiger partial charge in [-0.15, -0.1) is 0 Å². The Bertz CT molecular complexity index is 916.